The molecule has 1 fully saturated rings. The second kappa shape index (κ2) is 9.17. The highest BCUT2D eigenvalue weighted by Gasteiger charge is 2.32. The number of piperazine rings is 1. The van der Waals surface area contributed by atoms with Gasteiger partial charge in [0.2, 0.25) is 10.0 Å². The first-order chi connectivity index (χ1) is 13.5. The zero-order valence-electron chi connectivity index (χ0n) is 16.5. The van der Waals surface area contributed by atoms with Gasteiger partial charge in [0.1, 0.15) is 22.9 Å². The average molecular weight is 424 g/mol. The van der Waals surface area contributed by atoms with Gasteiger partial charge in [0.15, 0.2) is 0 Å². The van der Waals surface area contributed by atoms with Crippen molar-refractivity contribution < 1.29 is 22.8 Å². The summed E-state index contributed by atoms with van der Waals surface area (Å²) < 4.78 is 38.3. The molecule has 6 nitrogen and oxygen atoms in total. The maximum atomic E-state index is 13.1. The van der Waals surface area contributed by atoms with Crippen molar-refractivity contribution in [1.82, 2.24) is 4.31 Å². The number of hydrogen-bond acceptors (Lipinski definition) is 5. The van der Waals surface area contributed by atoms with Crippen LogP contribution in [-0.2, 0) is 16.6 Å². The lowest BCUT2D eigenvalue weighted by molar-refractivity contribution is -0.917. The van der Waals surface area contributed by atoms with E-state index >= 15 is 0 Å². The van der Waals surface area contributed by atoms with E-state index in [0.29, 0.717) is 24.6 Å². The third-order valence-electron chi connectivity index (χ3n) is 5.03. The van der Waals surface area contributed by atoms with Crippen LogP contribution in [0, 0.1) is 0 Å². The maximum Gasteiger partial charge on any atom is 0.247 e. The molecule has 8 heteroatoms. The van der Waals surface area contributed by atoms with Crippen LogP contribution in [0.3, 0.4) is 0 Å². The number of ether oxygens (including phenoxy) is 2. The van der Waals surface area contributed by atoms with E-state index in [1.807, 2.05) is 0 Å². The molecule has 0 spiro atoms. The molecule has 1 N–H and O–H groups in total. The zero-order valence-corrected chi connectivity index (χ0v) is 18.1. The number of thioether (sulfide) groups is 1. The molecule has 2 aromatic carbocycles. The van der Waals surface area contributed by atoms with Gasteiger partial charge in [-0.15, -0.1) is 11.8 Å². The third-order valence-corrected chi connectivity index (χ3v) is 7.69. The fourth-order valence-electron chi connectivity index (χ4n) is 3.38. The van der Waals surface area contributed by atoms with E-state index in [-0.39, 0.29) is 4.90 Å². The van der Waals surface area contributed by atoms with Crippen molar-refractivity contribution in [2.45, 2.75) is 16.3 Å². The van der Waals surface area contributed by atoms with Crippen LogP contribution in [0.2, 0.25) is 0 Å². The summed E-state index contributed by atoms with van der Waals surface area (Å²) in [4.78, 5) is 2.80. The molecule has 0 saturated carbocycles. The van der Waals surface area contributed by atoms with Gasteiger partial charge in [0.25, 0.3) is 0 Å². The Kier molecular flexibility index (Phi) is 6.87. The number of nitrogens with zero attached hydrogens (tertiary/aromatic N) is 1. The molecular formula is C20H27N2O4S2+. The lowest BCUT2D eigenvalue weighted by Gasteiger charge is -2.32. The number of sulfonamides is 1. The van der Waals surface area contributed by atoms with E-state index in [1.165, 1.54) is 35.6 Å². The minimum atomic E-state index is -3.63. The first-order valence-electron chi connectivity index (χ1n) is 9.16. The molecule has 0 aromatic heterocycles. The molecular weight excluding hydrogens is 396 g/mol. The molecule has 3 rings (SSSR count). The summed E-state index contributed by atoms with van der Waals surface area (Å²) in [5.41, 5.74) is 1.28. The van der Waals surface area contributed by atoms with E-state index < -0.39 is 10.0 Å². The minimum absolute atomic E-state index is 0.158. The molecule has 0 unspecified atom stereocenters. The van der Waals surface area contributed by atoms with Crippen molar-refractivity contribution in [2.75, 3.05) is 46.7 Å². The molecule has 2 aromatic rings. The Hall–Kier alpha value is -1.74. The summed E-state index contributed by atoms with van der Waals surface area (Å²) in [6.45, 7) is 3.43. The Balaban J connectivity index is 1.68. The minimum Gasteiger partial charge on any atom is -0.497 e. The van der Waals surface area contributed by atoms with Crippen LogP contribution in [0.1, 0.15) is 5.56 Å². The van der Waals surface area contributed by atoms with Crippen molar-refractivity contribution >= 4 is 21.8 Å². The predicted octanol–water partition coefficient (Wildman–Crippen LogP) is 1.52. The largest absolute Gasteiger partial charge is 0.497 e. The van der Waals surface area contributed by atoms with Crippen molar-refractivity contribution in [3.63, 3.8) is 0 Å². The summed E-state index contributed by atoms with van der Waals surface area (Å²) in [6, 6.07) is 13.4. The SMILES string of the molecule is COc1ccc(OC)c(S(=O)(=O)N2CC[NH+](Cc3ccc(SC)cc3)CC2)c1. The highest BCUT2D eigenvalue weighted by atomic mass is 32.2. The third kappa shape index (κ3) is 4.63. The Morgan fingerprint density at radius 3 is 2.29 bits per heavy atom. The van der Waals surface area contributed by atoms with Crippen molar-refractivity contribution in [1.29, 1.82) is 0 Å². The molecule has 152 valence electrons. The first kappa shape index (κ1) is 21.0. The Morgan fingerprint density at radius 1 is 1.04 bits per heavy atom. The van der Waals surface area contributed by atoms with Gasteiger partial charge in [-0.05, 0) is 30.5 Å². The van der Waals surface area contributed by atoms with Crippen LogP contribution in [0.5, 0.6) is 11.5 Å². The van der Waals surface area contributed by atoms with Gasteiger partial charge in [0, 0.05) is 16.5 Å². The van der Waals surface area contributed by atoms with Crippen LogP contribution in [-0.4, -0.2) is 59.4 Å². The van der Waals surface area contributed by atoms with Crippen LogP contribution < -0.4 is 14.4 Å². The quantitative estimate of drug-likeness (QED) is 0.685. The van der Waals surface area contributed by atoms with Crippen LogP contribution in [0.4, 0.5) is 0 Å². The van der Waals surface area contributed by atoms with Gasteiger partial charge in [-0.1, -0.05) is 12.1 Å². The number of nitrogens with one attached hydrogen (secondary N) is 1. The Bertz CT molecular complexity index is 893. The van der Waals surface area contributed by atoms with Crippen molar-refractivity contribution in [3.8, 4) is 11.5 Å². The van der Waals surface area contributed by atoms with E-state index in [9.17, 15) is 8.42 Å². The molecule has 1 saturated heterocycles. The lowest BCUT2D eigenvalue weighted by Crippen LogP contribution is -3.13. The van der Waals surface area contributed by atoms with Crippen molar-refractivity contribution in [2.24, 2.45) is 0 Å². The molecule has 1 aliphatic heterocycles. The van der Waals surface area contributed by atoms with Gasteiger partial charge in [-0.3, -0.25) is 0 Å². The van der Waals surface area contributed by atoms with Crippen molar-refractivity contribution in [3.05, 3.63) is 48.0 Å². The summed E-state index contributed by atoms with van der Waals surface area (Å²) >= 11 is 1.73. The topological polar surface area (TPSA) is 60.3 Å². The lowest BCUT2D eigenvalue weighted by atomic mass is 10.2. The number of rotatable bonds is 7. The van der Waals surface area contributed by atoms with Crippen LogP contribution in [0.15, 0.2) is 52.3 Å². The molecule has 0 amide bonds. The van der Waals surface area contributed by atoms with Gasteiger partial charge in [-0.2, -0.15) is 4.31 Å². The summed E-state index contributed by atoms with van der Waals surface area (Å²) in [7, 11) is -0.633. The van der Waals surface area contributed by atoms with E-state index in [4.69, 9.17) is 9.47 Å². The van der Waals surface area contributed by atoms with E-state index in [0.717, 1.165) is 19.6 Å². The fourth-order valence-corrected chi connectivity index (χ4v) is 5.40. The van der Waals surface area contributed by atoms with E-state index in [1.54, 1.807) is 28.2 Å². The average Bonchev–Trinajstić information content (AvgIpc) is 2.74. The second-order valence-corrected chi connectivity index (χ2v) is 9.48. The maximum absolute atomic E-state index is 13.1. The fraction of sp³-hybridized carbons (Fsp3) is 0.400. The van der Waals surface area contributed by atoms with Crippen LogP contribution >= 0.6 is 11.8 Å². The molecule has 0 aliphatic carbocycles. The highest BCUT2D eigenvalue weighted by Crippen LogP contribution is 2.30. The van der Waals surface area contributed by atoms with Gasteiger partial charge in [-0.25, -0.2) is 8.42 Å². The first-order valence-corrected chi connectivity index (χ1v) is 11.8. The monoisotopic (exact) mass is 423 g/mol. The summed E-state index contributed by atoms with van der Waals surface area (Å²) in [5.74, 6) is 0.835. The second-order valence-electron chi connectivity index (χ2n) is 6.70. The van der Waals surface area contributed by atoms with E-state index in [2.05, 4.69) is 30.5 Å². The number of quaternary nitrogens is 1. The van der Waals surface area contributed by atoms with Gasteiger partial charge < -0.3 is 14.4 Å². The zero-order chi connectivity index (χ0) is 20.1. The number of hydrogen-bond donors (Lipinski definition) is 1. The molecule has 1 aliphatic rings. The van der Waals surface area contributed by atoms with Gasteiger partial charge in [0.05, 0.1) is 40.4 Å². The predicted molar refractivity (Wildman–Crippen MR) is 111 cm³/mol. The highest BCUT2D eigenvalue weighted by molar-refractivity contribution is 7.98. The van der Waals surface area contributed by atoms with Gasteiger partial charge >= 0.3 is 0 Å². The number of methoxy groups -OCH3 is 2. The Labute approximate surface area is 171 Å². The van der Waals surface area contributed by atoms with Crippen LogP contribution in [0.25, 0.3) is 0 Å². The Morgan fingerprint density at radius 2 is 1.71 bits per heavy atom. The number of benzene rings is 2. The molecule has 1 heterocycles. The molecule has 0 atom stereocenters. The standard InChI is InChI=1S/C20H26N2O4S2/c1-25-17-6-9-19(26-2)20(14-17)28(23,24)22-12-10-21(11-13-22)15-16-4-7-18(27-3)8-5-16/h4-9,14H,10-13,15H2,1-3H3/p+1. The summed E-state index contributed by atoms with van der Waals surface area (Å²) in [6.07, 6.45) is 2.07. The molecule has 0 radical (unpaired) electrons. The molecule has 0 bridgehead atoms. The normalized spacial score (nSPS) is 16.1. The molecule has 28 heavy (non-hydrogen) atoms. The summed E-state index contributed by atoms with van der Waals surface area (Å²) in [5, 5.41) is 0. The smallest absolute Gasteiger partial charge is 0.247 e.